The lowest BCUT2D eigenvalue weighted by Crippen LogP contribution is -2.42. The molecule has 1 fully saturated rings. The van der Waals surface area contributed by atoms with E-state index in [2.05, 4.69) is 5.32 Å². The Morgan fingerprint density at radius 2 is 1.80 bits per heavy atom. The smallest absolute Gasteiger partial charge is 0.251 e. The zero-order chi connectivity index (χ0) is 21.3. The van der Waals surface area contributed by atoms with Gasteiger partial charge in [0.1, 0.15) is 17.6 Å². The Labute approximate surface area is 176 Å². The summed E-state index contributed by atoms with van der Waals surface area (Å²) in [5.74, 6) is 0.955. The van der Waals surface area contributed by atoms with E-state index in [1.807, 2.05) is 35.2 Å². The molecular weight excluding hydrogens is 384 g/mol. The van der Waals surface area contributed by atoms with Crippen LogP contribution in [0.15, 0.2) is 48.5 Å². The molecule has 7 nitrogen and oxygen atoms in total. The van der Waals surface area contributed by atoms with Crippen molar-refractivity contribution < 1.29 is 23.8 Å². The third-order valence-corrected chi connectivity index (χ3v) is 5.06. The van der Waals surface area contributed by atoms with Crippen molar-refractivity contribution in [2.75, 3.05) is 40.5 Å². The largest absolute Gasteiger partial charge is 0.497 e. The van der Waals surface area contributed by atoms with Crippen LogP contribution in [-0.4, -0.2) is 57.2 Å². The average Bonchev–Trinajstić information content (AvgIpc) is 2.81. The molecule has 1 saturated heterocycles. The fourth-order valence-corrected chi connectivity index (χ4v) is 3.39. The number of hydrogen-bond donors (Lipinski definition) is 1. The fourth-order valence-electron chi connectivity index (χ4n) is 3.39. The van der Waals surface area contributed by atoms with Crippen LogP contribution in [0.25, 0.3) is 0 Å². The minimum absolute atomic E-state index is 0.0801. The summed E-state index contributed by atoms with van der Waals surface area (Å²) in [6, 6.07) is 15.0. The number of rotatable bonds is 8. The number of amides is 2. The maximum atomic E-state index is 12.6. The monoisotopic (exact) mass is 412 g/mol. The molecule has 1 heterocycles. The van der Waals surface area contributed by atoms with Gasteiger partial charge in [0.15, 0.2) is 0 Å². The molecule has 1 atom stereocenters. The molecule has 30 heavy (non-hydrogen) atoms. The van der Waals surface area contributed by atoms with E-state index in [1.54, 1.807) is 18.2 Å². The zero-order valence-electron chi connectivity index (χ0n) is 17.4. The first-order valence-corrected chi connectivity index (χ1v) is 10.1. The highest BCUT2D eigenvalue weighted by Crippen LogP contribution is 2.23. The molecule has 1 unspecified atom stereocenters. The van der Waals surface area contributed by atoms with Crippen molar-refractivity contribution in [2.45, 2.75) is 18.9 Å². The second-order valence-corrected chi connectivity index (χ2v) is 7.07. The van der Waals surface area contributed by atoms with Crippen LogP contribution in [0.1, 0.15) is 34.9 Å². The van der Waals surface area contributed by atoms with Gasteiger partial charge in [0.2, 0.25) is 5.91 Å². The minimum atomic E-state index is -0.227. The molecule has 0 radical (unpaired) electrons. The summed E-state index contributed by atoms with van der Waals surface area (Å²) in [4.78, 5) is 26.8. The number of benzene rings is 2. The van der Waals surface area contributed by atoms with Crippen molar-refractivity contribution >= 4 is 11.8 Å². The Bertz CT molecular complexity index is 834. The maximum Gasteiger partial charge on any atom is 0.251 e. The van der Waals surface area contributed by atoms with Crippen LogP contribution in [0.5, 0.6) is 11.5 Å². The SMILES string of the molecule is COc1cc(OC)cc(C(=O)NCCCC(=O)N2CCOC(c3ccccc3)C2)c1. The van der Waals surface area contributed by atoms with E-state index in [0.29, 0.717) is 56.1 Å². The molecule has 160 valence electrons. The number of carbonyl (C=O) groups excluding carboxylic acids is 2. The van der Waals surface area contributed by atoms with Crippen LogP contribution >= 0.6 is 0 Å². The van der Waals surface area contributed by atoms with E-state index < -0.39 is 0 Å². The van der Waals surface area contributed by atoms with E-state index in [1.165, 1.54) is 14.2 Å². The molecule has 2 aromatic carbocycles. The summed E-state index contributed by atoms with van der Waals surface area (Å²) < 4.78 is 16.2. The predicted molar refractivity (Wildman–Crippen MR) is 113 cm³/mol. The molecule has 2 amide bonds. The van der Waals surface area contributed by atoms with Gasteiger partial charge in [-0.1, -0.05) is 30.3 Å². The second kappa shape index (κ2) is 10.6. The Balaban J connectivity index is 1.45. The first kappa shape index (κ1) is 21.6. The number of morpholine rings is 1. The van der Waals surface area contributed by atoms with Gasteiger partial charge in [-0.15, -0.1) is 0 Å². The van der Waals surface area contributed by atoms with Gasteiger partial charge in [-0.3, -0.25) is 9.59 Å². The van der Waals surface area contributed by atoms with Gasteiger partial charge in [0, 0.05) is 31.1 Å². The summed E-state index contributed by atoms with van der Waals surface area (Å²) in [6.07, 6.45) is 0.856. The van der Waals surface area contributed by atoms with Crippen LogP contribution < -0.4 is 14.8 Å². The molecule has 0 aromatic heterocycles. The highest BCUT2D eigenvalue weighted by atomic mass is 16.5. The third kappa shape index (κ3) is 5.73. The summed E-state index contributed by atoms with van der Waals surface area (Å²) in [7, 11) is 3.08. The Kier molecular flexibility index (Phi) is 7.68. The average molecular weight is 412 g/mol. The van der Waals surface area contributed by atoms with Gasteiger partial charge in [-0.25, -0.2) is 0 Å². The molecule has 0 aliphatic carbocycles. The van der Waals surface area contributed by atoms with Crippen LogP contribution in [0, 0.1) is 0 Å². The topological polar surface area (TPSA) is 77.1 Å². The number of hydrogen-bond acceptors (Lipinski definition) is 5. The van der Waals surface area contributed by atoms with Crippen molar-refractivity contribution in [2.24, 2.45) is 0 Å². The minimum Gasteiger partial charge on any atom is -0.497 e. The lowest BCUT2D eigenvalue weighted by atomic mass is 10.1. The van der Waals surface area contributed by atoms with E-state index >= 15 is 0 Å². The number of carbonyl (C=O) groups is 2. The third-order valence-electron chi connectivity index (χ3n) is 5.06. The highest BCUT2D eigenvalue weighted by molar-refractivity contribution is 5.95. The predicted octanol–water partition coefficient (Wildman–Crippen LogP) is 2.81. The Morgan fingerprint density at radius 1 is 1.10 bits per heavy atom. The van der Waals surface area contributed by atoms with Gasteiger partial charge < -0.3 is 24.4 Å². The van der Waals surface area contributed by atoms with E-state index in [0.717, 1.165) is 5.56 Å². The van der Waals surface area contributed by atoms with Crippen molar-refractivity contribution in [3.8, 4) is 11.5 Å². The summed E-state index contributed by atoms with van der Waals surface area (Å²) in [6.45, 7) is 2.09. The van der Waals surface area contributed by atoms with Crippen LogP contribution in [0.4, 0.5) is 0 Å². The van der Waals surface area contributed by atoms with E-state index in [4.69, 9.17) is 14.2 Å². The molecule has 0 spiro atoms. The maximum absolute atomic E-state index is 12.6. The first-order chi connectivity index (χ1) is 14.6. The lowest BCUT2D eigenvalue weighted by Gasteiger charge is -2.33. The van der Waals surface area contributed by atoms with Gasteiger partial charge in [0.25, 0.3) is 5.91 Å². The van der Waals surface area contributed by atoms with Crippen LogP contribution in [-0.2, 0) is 9.53 Å². The summed E-state index contributed by atoms with van der Waals surface area (Å²) in [5.41, 5.74) is 1.53. The van der Waals surface area contributed by atoms with Gasteiger partial charge >= 0.3 is 0 Å². The molecule has 1 aliphatic rings. The van der Waals surface area contributed by atoms with E-state index in [-0.39, 0.29) is 17.9 Å². The molecule has 1 aliphatic heterocycles. The van der Waals surface area contributed by atoms with E-state index in [9.17, 15) is 9.59 Å². The molecule has 3 rings (SSSR count). The quantitative estimate of drug-likeness (QED) is 0.675. The normalized spacial score (nSPS) is 16.1. The van der Waals surface area contributed by atoms with Crippen molar-refractivity contribution in [3.05, 3.63) is 59.7 Å². The molecule has 1 N–H and O–H groups in total. The van der Waals surface area contributed by atoms with Crippen molar-refractivity contribution in [1.29, 1.82) is 0 Å². The molecule has 0 bridgehead atoms. The zero-order valence-corrected chi connectivity index (χ0v) is 17.4. The summed E-state index contributed by atoms with van der Waals surface area (Å²) in [5, 5.41) is 2.85. The standard InChI is InChI=1S/C23H28N2O5/c1-28-19-13-18(14-20(15-19)29-2)23(27)24-10-6-9-22(26)25-11-12-30-21(16-25)17-7-4-3-5-8-17/h3-5,7-8,13-15,21H,6,9-12,16H2,1-2H3,(H,24,27). The Hall–Kier alpha value is -3.06. The Morgan fingerprint density at radius 3 is 2.47 bits per heavy atom. The van der Waals surface area contributed by atoms with Gasteiger partial charge in [-0.2, -0.15) is 0 Å². The van der Waals surface area contributed by atoms with Gasteiger partial charge in [0.05, 0.1) is 27.4 Å². The van der Waals surface area contributed by atoms with Gasteiger partial charge in [-0.05, 0) is 24.1 Å². The number of methoxy groups -OCH3 is 2. The lowest BCUT2D eigenvalue weighted by molar-refractivity contribution is -0.139. The van der Waals surface area contributed by atoms with Crippen LogP contribution in [0.3, 0.4) is 0 Å². The molecule has 2 aromatic rings. The second-order valence-electron chi connectivity index (χ2n) is 7.07. The first-order valence-electron chi connectivity index (χ1n) is 10.1. The summed E-state index contributed by atoms with van der Waals surface area (Å²) >= 11 is 0. The highest BCUT2D eigenvalue weighted by Gasteiger charge is 2.24. The number of nitrogens with zero attached hydrogens (tertiary/aromatic N) is 1. The molecular formula is C23H28N2O5. The van der Waals surface area contributed by atoms with Crippen LogP contribution in [0.2, 0.25) is 0 Å². The molecule has 7 heteroatoms. The fraction of sp³-hybridized carbons (Fsp3) is 0.391. The van der Waals surface area contributed by atoms with Crippen molar-refractivity contribution in [3.63, 3.8) is 0 Å². The molecule has 0 saturated carbocycles. The van der Waals surface area contributed by atoms with Crippen molar-refractivity contribution in [1.82, 2.24) is 10.2 Å². The number of ether oxygens (including phenoxy) is 3. The number of nitrogens with one attached hydrogen (secondary N) is 1.